The average molecular weight is 387 g/mol. The van der Waals surface area contributed by atoms with Gasteiger partial charge in [0, 0.05) is 0 Å². The third-order valence-electron chi connectivity index (χ3n) is 10.2. The Balaban J connectivity index is 1.53. The standard InChI is InChI=1S/C27H46O/c1-18(2)7-6-8-19(3)23-11-12-24-22-10-9-20-17-21(28)13-15-26(20,4)25(22)14-16-27(23,24)5/h18-21,23,25,28H,6-17H2,1-5H3/t19?,20-,21+,23?,25?,26?,27?/m1/s1. The van der Waals surface area contributed by atoms with E-state index in [0.717, 1.165) is 42.4 Å². The molecule has 0 bridgehead atoms. The molecule has 0 aromatic rings. The maximum atomic E-state index is 10.2. The third kappa shape index (κ3) is 3.42. The summed E-state index contributed by atoms with van der Waals surface area (Å²) >= 11 is 0. The van der Waals surface area contributed by atoms with Gasteiger partial charge in [-0.15, -0.1) is 0 Å². The molecule has 0 saturated heterocycles. The van der Waals surface area contributed by atoms with Gasteiger partial charge in [0.05, 0.1) is 6.10 Å². The van der Waals surface area contributed by atoms with Crippen molar-refractivity contribution in [2.45, 2.75) is 118 Å². The molecule has 4 rings (SSSR count). The van der Waals surface area contributed by atoms with E-state index in [2.05, 4.69) is 34.6 Å². The first kappa shape index (κ1) is 21.0. The van der Waals surface area contributed by atoms with E-state index in [4.69, 9.17) is 0 Å². The van der Waals surface area contributed by atoms with Gasteiger partial charge in [0.1, 0.15) is 0 Å². The predicted molar refractivity (Wildman–Crippen MR) is 119 cm³/mol. The Morgan fingerprint density at radius 2 is 1.75 bits per heavy atom. The first-order valence-corrected chi connectivity index (χ1v) is 12.7. The summed E-state index contributed by atoms with van der Waals surface area (Å²) in [5.41, 5.74) is 4.82. The zero-order valence-electron chi connectivity index (χ0n) is 19.4. The lowest BCUT2D eigenvalue weighted by Gasteiger charge is -2.56. The fourth-order valence-electron chi connectivity index (χ4n) is 8.47. The van der Waals surface area contributed by atoms with Crippen LogP contribution < -0.4 is 0 Å². The van der Waals surface area contributed by atoms with Gasteiger partial charge in [-0.25, -0.2) is 0 Å². The smallest absolute Gasteiger partial charge is 0.0543 e. The average Bonchev–Trinajstić information content (AvgIpc) is 2.99. The number of allylic oxidation sites excluding steroid dienone is 2. The van der Waals surface area contributed by atoms with Crippen LogP contribution in [0.3, 0.4) is 0 Å². The fourth-order valence-corrected chi connectivity index (χ4v) is 8.47. The molecule has 3 saturated carbocycles. The zero-order valence-corrected chi connectivity index (χ0v) is 19.4. The zero-order chi connectivity index (χ0) is 20.1. The van der Waals surface area contributed by atoms with Crippen molar-refractivity contribution < 1.29 is 5.11 Å². The number of rotatable bonds is 5. The summed E-state index contributed by atoms with van der Waals surface area (Å²) in [4.78, 5) is 0. The van der Waals surface area contributed by atoms with Crippen LogP contribution in [0.15, 0.2) is 11.1 Å². The monoisotopic (exact) mass is 386 g/mol. The Morgan fingerprint density at radius 1 is 0.964 bits per heavy atom. The second kappa shape index (κ2) is 7.75. The van der Waals surface area contributed by atoms with Crippen LogP contribution in [0.1, 0.15) is 112 Å². The molecule has 0 radical (unpaired) electrons. The number of aliphatic hydroxyl groups is 1. The molecule has 160 valence electrons. The number of hydrogen-bond donors (Lipinski definition) is 1. The van der Waals surface area contributed by atoms with Gasteiger partial charge in [-0.05, 0) is 98.2 Å². The van der Waals surface area contributed by atoms with Crippen molar-refractivity contribution in [2.75, 3.05) is 0 Å². The first-order chi connectivity index (χ1) is 13.3. The maximum Gasteiger partial charge on any atom is 0.0543 e. The summed E-state index contributed by atoms with van der Waals surface area (Å²) in [6.45, 7) is 12.6. The molecule has 0 heterocycles. The van der Waals surface area contributed by atoms with Gasteiger partial charge in [-0.3, -0.25) is 0 Å². The molecule has 0 amide bonds. The molecule has 1 nitrogen and oxygen atoms in total. The molecule has 3 fully saturated rings. The Bertz CT molecular complexity index is 603. The van der Waals surface area contributed by atoms with Gasteiger partial charge in [0.25, 0.3) is 0 Å². The van der Waals surface area contributed by atoms with Gasteiger partial charge in [0.15, 0.2) is 0 Å². The van der Waals surface area contributed by atoms with Crippen molar-refractivity contribution in [3.05, 3.63) is 11.1 Å². The van der Waals surface area contributed by atoms with Crippen LogP contribution in [0.25, 0.3) is 0 Å². The van der Waals surface area contributed by atoms with Crippen molar-refractivity contribution in [3.8, 4) is 0 Å². The van der Waals surface area contributed by atoms with Crippen molar-refractivity contribution >= 4 is 0 Å². The van der Waals surface area contributed by atoms with E-state index in [1.807, 2.05) is 11.1 Å². The molecule has 0 aliphatic heterocycles. The highest BCUT2D eigenvalue weighted by Gasteiger charge is 2.55. The van der Waals surface area contributed by atoms with Crippen molar-refractivity contribution in [1.29, 1.82) is 0 Å². The molecule has 5 unspecified atom stereocenters. The Hall–Kier alpha value is -0.300. The summed E-state index contributed by atoms with van der Waals surface area (Å²) in [6, 6.07) is 0. The van der Waals surface area contributed by atoms with E-state index < -0.39 is 0 Å². The van der Waals surface area contributed by atoms with Crippen molar-refractivity contribution in [3.63, 3.8) is 0 Å². The van der Waals surface area contributed by atoms with Crippen LogP contribution in [0.4, 0.5) is 0 Å². The fraction of sp³-hybridized carbons (Fsp3) is 0.926. The molecule has 1 N–H and O–H groups in total. The highest BCUT2D eigenvalue weighted by molar-refractivity contribution is 5.34. The third-order valence-corrected chi connectivity index (χ3v) is 10.2. The predicted octanol–water partition coefficient (Wildman–Crippen LogP) is 7.53. The summed E-state index contributed by atoms with van der Waals surface area (Å²) in [5.74, 6) is 4.25. The van der Waals surface area contributed by atoms with E-state index >= 15 is 0 Å². The first-order valence-electron chi connectivity index (χ1n) is 12.7. The lowest BCUT2D eigenvalue weighted by molar-refractivity contribution is -0.0381. The molecule has 7 atom stereocenters. The maximum absolute atomic E-state index is 10.2. The minimum Gasteiger partial charge on any atom is -0.393 e. The molecule has 0 aromatic heterocycles. The SMILES string of the molecule is CC(C)CCCC(C)C1CCC2=C3CC[C@@H]4C[C@@H](O)CCC4(C)C3CCC21C. The Kier molecular flexibility index (Phi) is 5.80. The largest absolute Gasteiger partial charge is 0.393 e. The van der Waals surface area contributed by atoms with Crippen LogP contribution >= 0.6 is 0 Å². The molecular formula is C27H46O. The van der Waals surface area contributed by atoms with Crippen molar-refractivity contribution in [1.82, 2.24) is 0 Å². The lowest BCUT2D eigenvalue weighted by atomic mass is 9.49. The molecule has 28 heavy (non-hydrogen) atoms. The Morgan fingerprint density at radius 3 is 2.50 bits per heavy atom. The highest BCUT2D eigenvalue weighted by atomic mass is 16.3. The number of fused-ring (bicyclic) bond motifs is 4. The summed E-state index contributed by atoms with van der Waals surface area (Å²) in [6.07, 6.45) is 16.0. The van der Waals surface area contributed by atoms with Crippen LogP contribution in [-0.2, 0) is 0 Å². The van der Waals surface area contributed by atoms with E-state index in [-0.39, 0.29) is 6.10 Å². The van der Waals surface area contributed by atoms with Gasteiger partial charge in [-0.2, -0.15) is 0 Å². The second-order valence-electron chi connectivity index (χ2n) is 12.1. The normalized spacial score (nSPS) is 44.2. The van der Waals surface area contributed by atoms with Gasteiger partial charge >= 0.3 is 0 Å². The molecule has 4 aliphatic carbocycles. The van der Waals surface area contributed by atoms with Gasteiger partial charge in [0.2, 0.25) is 0 Å². The Labute approximate surface area is 174 Å². The van der Waals surface area contributed by atoms with Gasteiger partial charge < -0.3 is 5.11 Å². The van der Waals surface area contributed by atoms with Crippen molar-refractivity contribution in [2.24, 2.45) is 40.4 Å². The summed E-state index contributed by atoms with van der Waals surface area (Å²) in [7, 11) is 0. The van der Waals surface area contributed by atoms with Crippen LogP contribution in [0, 0.1) is 40.4 Å². The molecule has 0 spiro atoms. The minimum atomic E-state index is -0.0244. The number of aliphatic hydroxyl groups excluding tert-OH is 1. The van der Waals surface area contributed by atoms with E-state index in [0.29, 0.717) is 10.8 Å². The van der Waals surface area contributed by atoms with Crippen LogP contribution in [0.2, 0.25) is 0 Å². The summed E-state index contributed by atoms with van der Waals surface area (Å²) in [5, 5.41) is 10.2. The second-order valence-corrected chi connectivity index (χ2v) is 12.1. The van der Waals surface area contributed by atoms with E-state index in [1.54, 1.807) is 0 Å². The van der Waals surface area contributed by atoms with Gasteiger partial charge in [-0.1, -0.05) is 65.0 Å². The highest BCUT2D eigenvalue weighted by Crippen LogP contribution is 2.65. The molecule has 4 aliphatic rings. The quantitative estimate of drug-likeness (QED) is 0.484. The lowest BCUT2D eigenvalue weighted by Crippen LogP contribution is -2.48. The molecular weight excluding hydrogens is 340 g/mol. The molecule has 1 heteroatoms. The summed E-state index contributed by atoms with van der Waals surface area (Å²) < 4.78 is 0. The topological polar surface area (TPSA) is 20.2 Å². The van der Waals surface area contributed by atoms with Crippen LogP contribution in [0.5, 0.6) is 0 Å². The number of hydrogen-bond acceptors (Lipinski definition) is 1. The van der Waals surface area contributed by atoms with E-state index in [9.17, 15) is 5.11 Å². The van der Waals surface area contributed by atoms with E-state index in [1.165, 1.54) is 64.2 Å². The van der Waals surface area contributed by atoms with Crippen LogP contribution in [-0.4, -0.2) is 11.2 Å². The molecule has 0 aromatic carbocycles. The minimum absolute atomic E-state index is 0.0244.